The highest BCUT2D eigenvalue weighted by Gasteiger charge is 2.22. The fourth-order valence-electron chi connectivity index (χ4n) is 6.38. The molecular weight excluding hydrogens is 480 g/mol. The smallest absolute Gasteiger partial charge is 0.00201 e. The van der Waals surface area contributed by atoms with Gasteiger partial charge in [-0.15, -0.1) is 0 Å². The molecule has 0 amide bonds. The molecule has 0 fully saturated rings. The van der Waals surface area contributed by atoms with Crippen LogP contribution in [0, 0.1) is 0 Å². The summed E-state index contributed by atoms with van der Waals surface area (Å²) in [5.41, 5.74) is 15.3. The first kappa shape index (κ1) is 22.8. The van der Waals surface area contributed by atoms with E-state index >= 15 is 0 Å². The minimum atomic E-state index is 1.22. The van der Waals surface area contributed by atoms with E-state index < -0.39 is 0 Å². The lowest BCUT2D eigenvalue weighted by molar-refractivity contribution is 1.56. The van der Waals surface area contributed by atoms with Crippen LogP contribution in [0.1, 0.15) is 0 Å². The van der Waals surface area contributed by atoms with Crippen molar-refractivity contribution in [3.63, 3.8) is 0 Å². The van der Waals surface area contributed by atoms with E-state index in [1.807, 2.05) is 0 Å². The van der Waals surface area contributed by atoms with Crippen LogP contribution < -0.4 is 0 Å². The number of hydrogen-bond acceptors (Lipinski definition) is 0. The van der Waals surface area contributed by atoms with Crippen LogP contribution in [-0.2, 0) is 0 Å². The van der Waals surface area contributed by atoms with E-state index in [1.54, 1.807) is 0 Å². The second-order valence-corrected chi connectivity index (χ2v) is 10.5. The molecule has 0 saturated carbocycles. The lowest BCUT2D eigenvalue weighted by Gasteiger charge is -2.15. The largest absolute Gasteiger partial charge is 0.0622 e. The van der Waals surface area contributed by atoms with Crippen LogP contribution >= 0.6 is 0 Å². The van der Waals surface area contributed by atoms with E-state index in [9.17, 15) is 0 Å². The second kappa shape index (κ2) is 9.22. The number of fused-ring (bicyclic) bond motifs is 3. The maximum atomic E-state index is 2.36. The van der Waals surface area contributed by atoms with E-state index in [-0.39, 0.29) is 0 Å². The molecule has 0 unspecified atom stereocenters. The molecule has 0 spiro atoms. The number of benzene rings is 7. The van der Waals surface area contributed by atoms with Crippen molar-refractivity contribution in [2.45, 2.75) is 0 Å². The minimum absolute atomic E-state index is 1.22. The average molecular weight is 507 g/mol. The van der Waals surface area contributed by atoms with Crippen molar-refractivity contribution >= 4 is 10.8 Å². The third kappa shape index (κ3) is 3.61. The summed E-state index contributed by atoms with van der Waals surface area (Å²) in [5.74, 6) is 0. The van der Waals surface area contributed by atoms with Crippen molar-refractivity contribution in [2.75, 3.05) is 0 Å². The van der Waals surface area contributed by atoms with Crippen molar-refractivity contribution in [3.8, 4) is 66.8 Å². The Kier molecular flexibility index (Phi) is 5.24. The first-order chi connectivity index (χ1) is 19.8. The molecular formula is C40H26. The molecule has 0 N–H and O–H groups in total. The van der Waals surface area contributed by atoms with Crippen LogP contribution in [0.4, 0.5) is 0 Å². The number of hydrogen-bond donors (Lipinski definition) is 0. The minimum Gasteiger partial charge on any atom is -0.0622 e. The van der Waals surface area contributed by atoms with Gasteiger partial charge in [-0.1, -0.05) is 146 Å². The molecule has 1 aliphatic rings. The summed E-state index contributed by atoms with van der Waals surface area (Å²) in [6.45, 7) is 0. The number of rotatable bonds is 4. The lowest BCUT2D eigenvalue weighted by Crippen LogP contribution is -1.89. The molecule has 40 heavy (non-hydrogen) atoms. The predicted octanol–water partition coefficient (Wildman–Crippen LogP) is 11.2. The normalized spacial score (nSPS) is 11.5. The Labute approximate surface area is 234 Å². The highest BCUT2D eigenvalue weighted by atomic mass is 14.2. The summed E-state index contributed by atoms with van der Waals surface area (Å²) in [7, 11) is 0. The molecule has 7 aromatic rings. The molecule has 0 aliphatic heterocycles. The van der Waals surface area contributed by atoms with Gasteiger partial charge in [-0.05, 0) is 89.7 Å². The molecule has 0 heteroatoms. The third-order valence-corrected chi connectivity index (χ3v) is 8.24. The Hall–Kier alpha value is -5.20. The molecule has 0 bridgehead atoms. The summed E-state index contributed by atoms with van der Waals surface area (Å²) in [4.78, 5) is 0. The molecule has 8 rings (SSSR count). The van der Waals surface area contributed by atoms with Gasteiger partial charge in [0.25, 0.3) is 0 Å². The monoisotopic (exact) mass is 506 g/mol. The Morgan fingerprint density at radius 2 is 0.750 bits per heavy atom. The molecule has 0 radical (unpaired) electrons. The maximum Gasteiger partial charge on any atom is -0.00201 e. The first-order valence-electron chi connectivity index (χ1n) is 13.9. The summed E-state index contributed by atoms with van der Waals surface area (Å²) >= 11 is 0. The maximum absolute atomic E-state index is 2.36. The average Bonchev–Trinajstić information content (AvgIpc) is 3.37. The van der Waals surface area contributed by atoms with Gasteiger partial charge in [0.05, 0.1) is 0 Å². The Morgan fingerprint density at radius 1 is 0.225 bits per heavy atom. The summed E-state index contributed by atoms with van der Waals surface area (Å²) in [6, 6.07) is 57.4. The van der Waals surface area contributed by atoms with Crippen LogP contribution in [0.2, 0.25) is 0 Å². The summed E-state index contributed by atoms with van der Waals surface area (Å²) in [6.07, 6.45) is 0. The standard InChI is InChI=1S/C40H26/c1-3-11-27(12-4-1)29-21-22-33(39(26-29)28-13-5-2-6-14-28)31-16-9-15-30(25-31)32-23-24-38-35-18-8-7-17-34(35)37-20-10-19-36(32)40(37)38/h1-26H. The van der Waals surface area contributed by atoms with E-state index in [0.717, 1.165) is 0 Å². The van der Waals surface area contributed by atoms with Crippen LogP contribution in [0.15, 0.2) is 158 Å². The van der Waals surface area contributed by atoms with Crippen LogP contribution in [0.3, 0.4) is 0 Å². The molecule has 0 nitrogen and oxygen atoms in total. The summed E-state index contributed by atoms with van der Waals surface area (Å²) < 4.78 is 0. The van der Waals surface area contributed by atoms with Crippen molar-refractivity contribution in [1.82, 2.24) is 0 Å². The van der Waals surface area contributed by atoms with Crippen LogP contribution in [0.25, 0.3) is 77.5 Å². The van der Waals surface area contributed by atoms with E-state index in [0.29, 0.717) is 0 Å². The van der Waals surface area contributed by atoms with E-state index in [4.69, 9.17) is 0 Å². The van der Waals surface area contributed by atoms with Crippen molar-refractivity contribution < 1.29 is 0 Å². The van der Waals surface area contributed by atoms with Gasteiger partial charge in [-0.2, -0.15) is 0 Å². The summed E-state index contributed by atoms with van der Waals surface area (Å²) in [5, 5.41) is 2.68. The van der Waals surface area contributed by atoms with Gasteiger partial charge in [0.1, 0.15) is 0 Å². The highest BCUT2D eigenvalue weighted by molar-refractivity contribution is 6.18. The molecule has 7 aromatic carbocycles. The van der Waals surface area contributed by atoms with E-state index in [2.05, 4.69) is 158 Å². The topological polar surface area (TPSA) is 0 Å². The molecule has 0 aromatic heterocycles. The Bertz CT molecular complexity index is 2000. The van der Waals surface area contributed by atoms with Crippen LogP contribution in [-0.4, -0.2) is 0 Å². The quantitative estimate of drug-likeness (QED) is 0.223. The fourth-order valence-corrected chi connectivity index (χ4v) is 6.38. The van der Waals surface area contributed by atoms with Gasteiger partial charge in [0, 0.05) is 0 Å². The first-order valence-corrected chi connectivity index (χ1v) is 13.9. The van der Waals surface area contributed by atoms with Gasteiger partial charge in [0.15, 0.2) is 0 Å². The third-order valence-electron chi connectivity index (χ3n) is 8.24. The fraction of sp³-hybridized carbons (Fsp3) is 0. The van der Waals surface area contributed by atoms with E-state index in [1.165, 1.54) is 77.5 Å². The SMILES string of the molecule is c1ccc(-c2ccc(-c3cccc(-c4ccc5c6c(cccc46)-c4ccccc4-5)c3)c(-c3ccccc3)c2)cc1. The molecule has 0 saturated heterocycles. The van der Waals surface area contributed by atoms with Crippen molar-refractivity contribution in [1.29, 1.82) is 0 Å². The van der Waals surface area contributed by atoms with Crippen LogP contribution in [0.5, 0.6) is 0 Å². The van der Waals surface area contributed by atoms with Gasteiger partial charge in [-0.3, -0.25) is 0 Å². The molecule has 186 valence electrons. The van der Waals surface area contributed by atoms with Crippen molar-refractivity contribution in [2.24, 2.45) is 0 Å². The molecule has 1 aliphatic carbocycles. The van der Waals surface area contributed by atoms with Gasteiger partial charge < -0.3 is 0 Å². The lowest BCUT2D eigenvalue weighted by atomic mass is 9.89. The molecule has 0 atom stereocenters. The zero-order chi connectivity index (χ0) is 26.5. The van der Waals surface area contributed by atoms with Gasteiger partial charge >= 0.3 is 0 Å². The van der Waals surface area contributed by atoms with Crippen molar-refractivity contribution in [3.05, 3.63) is 158 Å². The van der Waals surface area contributed by atoms with Gasteiger partial charge in [0.2, 0.25) is 0 Å². The predicted molar refractivity (Wildman–Crippen MR) is 170 cm³/mol. The van der Waals surface area contributed by atoms with Gasteiger partial charge in [-0.25, -0.2) is 0 Å². The second-order valence-electron chi connectivity index (χ2n) is 10.5. The zero-order valence-electron chi connectivity index (χ0n) is 22.0. The Morgan fingerprint density at radius 3 is 1.50 bits per heavy atom. The Balaban J connectivity index is 1.30. The zero-order valence-corrected chi connectivity index (χ0v) is 22.0. The highest BCUT2D eigenvalue weighted by Crippen LogP contribution is 2.49. The molecule has 0 heterocycles.